The molecular weight excluding hydrogens is 242 g/mol. The Kier molecular flexibility index (Phi) is 4.63. The Bertz CT molecular complexity index is 411. The minimum absolute atomic E-state index is 0.0337. The molecule has 5 nitrogen and oxygen atoms in total. The van der Waals surface area contributed by atoms with Gasteiger partial charge in [0.15, 0.2) is 0 Å². The zero-order chi connectivity index (χ0) is 13.7. The van der Waals surface area contributed by atoms with E-state index in [2.05, 4.69) is 17.0 Å². The van der Waals surface area contributed by atoms with Gasteiger partial charge in [-0.1, -0.05) is 0 Å². The largest absolute Gasteiger partial charge is 0.494 e. The van der Waals surface area contributed by atoms with Crippen molar-refractivity contribution in [1.82, 2.24) is 4.90 Å². The molecule has 104 valence electrons. The molecule has 5 heteroatoms. The van der Waals surface area contributed by atoms with Crippen LogP contribution in [0.25, 0.3) is 0 Å². The highest BCUT2D eigenvalue weighted by atomic mass is 16.5. The Balaban J connectivity index is 1.92. The van der Waals surface area contributed by atoms with Crippen molar-refractivity contribution < 1.29 is 9.53 Å². The summed E-state index contributed by atoms with van der Waals surface area (Å²) in [5.74, 6) is 0.925. The molecule has 2 N–H and O–H groups in total. The van der Waals surface area contributed by atoms with Gasteiger partial charge in [0.2, 0.25) is 5.91 Å². The van der Waals surface area contributed by atoms with Crippen LogP contribution in [0.5, 0.6) is 5.75 Å². The van der Waals surface area contributed by atoms with E-state index in [0.717, 1.165) is 31.9 Å². The number of nitrogens with zero attached hydrogens (tertiary/aromatic N) is 2. The van der Waals surface area contributed by atoms with E-state index in [9.17, 15) is 4.79 Å². The lowest BCUT2D eigenvalue weighted by Gasteiger charge is -2.36. The van der Waals surface area contributed by atoms with E-state index in [-0.39, 0.29) is 12.5 Å². The first-order valence-electron chi connectivity index (χ1n) is 6.70. The zero-order valence-electron chi connectivity index (χ0n) is 11.3. The summed E-state index contributed by atoms with van der Waals surface area (Å²) in [6.45, 7) is 5.93. The maximum atomic E-state index is 11.5. The van der Waals surface area contributed by atoms with E-state index in [0.29, 0.717) is 6.61 Å². The Labute approximate surface area is 113 Å². The zero-order valence-corrected chi connectivity index (χ0v) is 11.3. The molecule has 1 fully saturated rings. The average Bonchev–Trinajstić information content (AvgIpc) is 2.48. The van der Waals surface area contributed by atoms with Crippen molar-refractivity contribution in [3.8, 4) is 5.75 Å². The molecule has 0 aromatic heterocycles. The van der Waals surface area contributed by atoms with Crippen molar-refractivity contribution >= 4 is 11.6 Å². The number of carbonyl (C=O) groups excluding carboxylic acids is 1. The molecule has 0 saturated carbocycles. The lowest BCUT2D eigenvalue weighted by Crippen LogP contribution is -2.50. The molecule has 1 aromatic rings. The van der Waals surface area contributed by atoms with Crippen LogP contribution in [0.3, 0.4) is 0 Å². The summed E-state index contributed by atoms with van der Waals surface area (Å²) in [5, 5.41) is 0. The fourth-order valence-corrected chi connectivity index (χ4v) is 2.26. The van der Waals surface area contributed by atoms with E-state index < -0.39 is 0 Å². The Morgan fingerprint density at radius 1 is 1.21 bits per heavy atom. The quantitative estimate of drug-likeness (QED) is 0.868. The number of nitrogens with two attached hydrogens (primary N) is 1. The third-order valence-electron chi connectivity index (χ3n) is 3.32. The fourth-order valence-electron chi connectivity index (χ4n) is 2.26. The van der Waals surface area contributed by atoms with Crippen molar-refractivity contribution in [1.29, 1.82) is 0 Å². The molecule has 0 bridgehead atoms. The standard InChI is InChI=1S/C14H21N3O2/c1-2-19-13-5-3-12(4-6-13)16-7-9-17(10-8-16)14(18)11-15/h3-6H,2,7-11,15H2,1H3. The highest BCUT2D eigenvalue weighted by molar-refractivity contribution is 5.78. The maximum absolute atomic E-state index is 11.5. The first-order chi connectivity index (χ1) is 9.24. The van der Waals surface area contributed by atoms with Crippen molar-refractivity contribution in [3.05, 3.63) is 24.3 Å². The second-order valence-electron chi connectivity index (χ2n) is 4.50. The molecule has 0 radical (unpaired) electrons. The molecule has 1 heterocycles. The summed E-state index contributed by atoms with van der Waals surface area (Å²) in [4.78, 5) is 15.6. The van der Waals surface area contributed by atoms with Crippen molar-refractivity contribution in [2.75, 3.05) is 44.2 Å². The molecule has 0 atom stereocenters. The SMILES string of the molecule is CCOc1ccc(N2CCN(C(=O)CN)CC2)cc1. The van der Waals surface area contributed by atoms with E-state index >= 15 is 0 Å². The number of anilines is 1. The predicted molar refractivity (Wildman–Crippen MR) is 75.5 cm³/mol. The molecule has 1 saturated heterocycles. The number of carbonyl (C=O) groups is 1. The van der Waals surface area contributed by atoms with E-state index in [1.54, 1.807) is 0 Å². The van der Waals surface area contributed by atoms with Gasteiger partial charge in [-0.15, -0.1) is 0 Å². The van der Waals surface area contributed by atoms with Crippen molar-refractivity contribution in [2.24, 2.45) is 5.73 Å². The molecule has 2 rings (SSSR count). The van der Waals surface area contributed by atoms with Gasteiger partial charge in [-0.3, -0.25) is 4.79 Å². The average molecular weight is 263 g/mol. The van der Waals surface area contributed by atoms with Gasteiger partial charge >= 0.3 is 0 Å². The smallest absolute Gasteiger partial charge is 0.236 e. The van der Waals surface area contributed by atoms with E-state index in [4.69, 9.17) is 10.5 Å². The molecule has 1 aliphatic rings. The van der Waals surface area contributed by atoms with Crippen LogP contribution >= 0.6 is 0 Å². The first kappa shape index (κ1) is 13.7. The molecule has 1 aromatic carbocycles. The second kappa shape index (κ2) is 6.43. The normalized spacial score (nSPS) is 15.5. The molecule has 1 aliphatic heterocycles. The van der Waals surface area contributed by atoms with Crippen LogP contribution < -0.4 is 15.4 Å². The summed E-state index contributed by atoms with van der Waals surface area (Å²) in [6.07, 6.45) is 0. The van der Waals surface area contributed by atoms with Crippen LogP contribution in [0, 0.1) is 0 Å². The summed E-state index contributed by atoms with van der Waals surface area (Å²) < 4.78 is 5.43. The van der Waals surface area contributed by atoms with Gasteiger partial charge in [-0.25, -0.2) is 0 Å². The predicted octanol–water partition coefficient (Wildman–Crippen LogP) is 0.693. The van der Waals surface area contributed by atoms with Crippen LogP contribution in [0.4, 0.5) is 5.69 Å². The number of benzene rings is 1. The van der Waals surface area contributed by atoms with Crippen LogP contribution in [-0.4, -0.2) is 50.1 Å². The topological polar surface area (TPSA) is 58.8 Å². The lowest BCUT2D eigenvalue weighted by atomic mass is 10.2. The number of ether oxygens (including phenoxy) is 1. The van der Waals surface area contributed by atoms with Gasteiger partial charge in [-0.05, 0) is 31.2 Å². The van der Waals surface area contributed by atoms with Gasteiger partial charge in [-0.2, -0.15) is 0 Å². The molecule has 0 spiro atoms. The van der Waals surface area contributed by atoms with Crippen molar-refractivity contribution in [2.45, 2.75) is 6.92 Å². The van der Waals surface area contributed by atoms with Gasteiger partial charge in [0, 0.05) is 31.9 Å². The lowest BCUT2D eigenvalue weighted by molar-refractivity contribution is -0.129. The highest BCUT2D eigenvalue weighted by Crippen LogP contribution is 2.20. The van der Waals surface area contributed by atoms with Gasteiger partial charge in [0.25, 0.3) is 0 Å². The summed E-state index contributed by atoms with van der Waals surface area (Å²) in [6, 6.07) is 8.09. The monoisotopic (exact) mass is 263 g/mol. The summed E-state index contributed by atoms with van der Waals surface area (Å²) in [7, 11) is 0. The minimum atomic E-state index is 0.0337. The number of rotatable bonds is 4. The molecular formula is C14H21N3O2. The first-order valence-corrected chi connectivity index (χ1v) is 6.70. The summed E-state index contributed by atoms with van der Waals surface area (Å²) >= 11 is 0. The number of hydrogen-bond donors (Lipinski definition) is 1. The second-order valence-corrected chi connectivity index (χ2v) is 4.50. The number of amides is 1. The number of hydrogen-bond acceptors (Lipinski definition) is 4. The minimum Gasteiger partial charge on any atom is -0.494 e. The Morgan fingerprint density at radius 3 is 2.37 bits per heavy atom. The van der Waals surface area contributed by atoms with E-state index in [1.807, 2.05) is 24.0 Å². The van der Waals surface area contributed by atoms with Crippen molar-refractivity contribution in [3.63, 3.8) is 0 Å². The van der Waals surface area contributed by atoms with Crippen LogP contribution in [0.2, 0.25) is 0 Å². The Morgan fingerprint density at radius 2 is 1.84 bits per heavy atom. The molecule has 1 amide bonds. The third-order valence-corrected chi connectivity index (χ3v) is 3.32. The van der Waals surface area contributed by atoms with Crippen LogP contribution in [0.15, 0.2) is 24.3 Å². The number of piperazine rings is 1. The van der Waals surface area contributed by atoms with Gasteiger partial charge in [0.1, 0.15) is 5.75 Å². The van der Waals surface area contributed by atoms with Crippen LogP contribution in [0.1, 0.15) is 6.92 Å². The maximum Gasteiger partial charge on any atom is 0.236 e. The van der Waals surface area contributed by atoms with Crippen LogP contribution in [-0.2, 0) is 4.79 Å². The van der Waals surface area contributed by atoms with E-state index in [1.165, 1.54) is 5.69 Å². The molecule has 19 heavy (non-hydrogen) atoms. The van der Waals surface area contributed by atoms with Gasteiger partial charge < -0.3 is 20.3 Å². The van der Waals surface area contributed by atoms with Gasteiger partial charge in [0.05, 0.1) is 13.2 Å². The molecule has 0 unspecified atom stereocenters. The fraction of sp³-hybridized carbons (Fsp3) is 0.500. The highest BCUT2D eigenvalue weighted by Gasteiger charge is 2.20. The summed E-state index contributed by atoms with van der Waals surface area (Å²) in [5.41, 5.74) is 6.54. The third kappa shape index (κ3) is 3.38. The Hall–Kier alpha value is -1.75. The molecule has 0 aliphatic carbocycles.